The molecule has 3 aliphatic heterocycles. The van der Waals surface area contributed by atoms with Crippen molar-refractivity contribution in [2.45, 2.75) is 63.3 Å². The lowest BCUT2D eigenvalue weighted by Gasteiger charge is -2.40. The van der Waals surface area contributed by atoms with Crippen LogP contribution in [0.5, 0.6) is 0 Å². The van der Waals surface area contributed by atoms with Crippen LogP contribution in [-0.4, -0.2) is 82.7 Å². The monoisotopic (exact) mass is 585 g/mol. The molecule has 0 aliphatic carbocycles. The van der Waals surface area contributed by atoms with Gasteiger partial charge in [0, 0.05) is 25.8 Å². The molecule has 3 saturated heterocycles. The van der Waals surface area contributed by atoms with Gasteiger partial charge in [0.15, 0.2) is 0 Å². The predicted molar refractivity (Wildman–Crippen MR) is 166 cm³/mol. The molecule has 0 saturated carbocycles. The summed E-state index contributed by atoms with van der Waals surface area (Å²) in [5.41, 5.74) is 1.47. The fourth-order valence-electron chi connectivity index (χ4n) is 7.66. The molecule has 2 aromatic rings. The molecule has 8 heteroatoms. The number of nitrogens with zero attached hydrogens (tertiary/aromatic N) is 3. The Bertz CT molecular complexity index is 1430. The Kier molecular flexibility index (Phi) is 8.38. The third-order valence-corrected chi connectivity index (χ3v) is 9.65. The maximum Gasteiger partial charge on any atom is 0.253 e. The van der Waals surface area contributed by atoms with Crippen molar-refractivity contribution in [3.8, 4) is 0 Å². The van der Waals surface area contributed by atoms with Crippen LogP contribution in [-0.2, 0) is 25.5 Å². The topological polar surface area (TPSA) is 90.4 Å². The van der Waals surface area contributed by atoms with Gasteiger partial charge in [-0.15, -0.1) is 13.2 Å². The maximum atomic E-state index is 15.0. The number of aliphatic hydroxyl groups is 1. The lowest BCUT2D eigenvalue weighted by molar-refractivity contribution is -0.151. The molecule has 0 aromatic heterocycles. The van der Waals surface area contributed by atoms with Gasteiger partial charge in [0.25, 0.3) is 5.91 Å². The second-order valence-electron chi connectivity index (χ2n) is 12.5. The molecule has 3 amide bonds. The molecule has 3 heterocycles. The van der Waals surface area contributed by atoms with Crippen molar-refractivity contribution in [3.05, 3.63) is 90.5 Å². The SMILES string of the molecule is C=CCN(C)C(=O)[C@@H]1[C@H]2C(=O)N([C@@H](CO)Cc3ccccc3)C(C(=O)N(CC=C)c3cc(C)ccc3C)C23CC[C@@]1(C)O3. The second kappa shape index (κ2) is 11.7. The Morgan fingerprint density at radius 1 is 1.09 bits per heavy atom. The van der Waals surface area contributed by atoms with E-state index in [1.807, 2.05) is 69.3 Å². The molecule has 5 rings (SSSR count). The number of anilines is 1. The number of hydrogen-bond donors (Lipinski definition) is 1. The summed E-state index contributed by atoms with van der Waals surface area (Å²) in [7, 11) is 1.70. The van der Waals surface area contributed by atoms with E-state index in [1.54, 1.807) is 33.9 Å². The number of rotatable bonds is 11. The van der Waals surface area contributed by atoms with E-state index in [0.717, 1.165) is 22.4 Å². The van der Waals surface area contributed by atoms with E-state index < -0.39 is 35.1 Å². The van der Waals surface area contributed by atoms with E-state index >= 15 is 0 Å². The predicted octanol–water partition coefficient (Wildman–Crippen LogP) is 3.84. The van der Waals surface area contributed by atoms with E-state index in [4.69, 9.17) is 4.74 Å². The van der Waals surface area contributed by atoms with E-state index in [2.05, 4.69) is 13.2 Å². The Morgan fingerprint density at radius 2 is 1.79 bits per heavy atom. The quantitative estimate of drug-likeness (QED) is 0.405. The number of amides is 3. The highest BCUT2D eigenvalue weighted by atomic mass is 16.5. The first kappa shape index (κ1) is 30.7. The molecular weight excluding hydrogens is 542 g/mol. The fraction of sp³-hybridized carbons (Fsp3) is 0.457. The summed E-state index contributed by atoms with van der Waals surface area (Å²) >= 11 is 0. The molecule has 0 radical (unpaired) electrons. The van der Waals surface area contributed by atoms with Gasteiger partial charge in [-0.05, 0) is 62.8 Å². The molecule has 2 bridgehead atoms. The first-order valence-electron chi connectivity index (χ1n) is 15.1. The molecule has 1 spiro atoms. The number of carbonyl (C=O) groups is 3. The summed E-state index contributed by atoms with van der Waals surface area (Å²) in [5.74, 6) is -2.43. The highest BCUT2D eigenvalue weighted by Gasteiger charge is 2.78. The number of aliphatic hydroxyl groups excluding tert-OH is 1. The molecule has 6 atom stereocenters. The van der Waals surface area contributed by atoms with Crippen LogP contribution < -0.4 is 4.90 Å². The number of carbonyl (C=O) groups excluding carboxylic acids is 3. The van der Waals surface area contributed by atoms with Crippen LogP contribution in [0.3, 0.4) is 0 Å². The third kappa shape index (κ3) is 5.00. The van der Waals surface area contributed by atoms with Gasteiger partial charge in [-0.25, -0.2) is 0 Å². The van der Waals surface area contributed by atoms with Crippen LogP contribution in [0.2, 0.25) is 0 Å². The first-order chi connectivity index (χ1) is 20.5. The van der Waals surface area contributed by atoms with Gasteiger partial charge in [0.05, 0.1) is 30.1 Å². The Balaban J connectivity index is 1.65. The van der Waals surface area contributed by atoms with Crippen molar-refractivity contribution in [2.24, 2.45) is 11.8 Å². The summed E-state index contributed by atoms with van der Waals surface area (Å²) in [6.07, 6.45) is 4.68. The standard InChI is InChI=1S/C35H43N3O5/c1-7-18-36(6)31(40)28-29-32(41)38(26(22-39)21-25-12-10-9-11-13-25)30(35(29)17-16-34(28,5)43-35)33(42)37(19-8-2)27-20-23(3)14-15-24(27)4/h7-15,20,26,28-30,39H,1-2,16-19,21-22H2,3-6H3/t26-,28+,29+,30?,34-,35?/m1/s1. The molecule has 1 N–H and O–H groups in total. The first-order valence-corrected chi connectivity index (χ1v) is 15.1. The summed E-state index contributed by atoms with van der Waals surface area (Å²) in [6, 6.07) is 13.8. The fourth-order valence-corrected chi connectivity index (χ4v) is 7.66. The molecule has 2 unspecified atom stereocenters. The summed E-state index contributed by atoms with van der Waals surface area (Å²) in [6.45, 7) is 13.7. The van der Waals surface area contributed by atoms with Crippen molar-refractivity contribution >= 4 is 23.4 Å². The summed E-state index contributed by atoms with van der Waals surface area (Å²) < 4.78 is 6.84. The van der Waals surface area contributed by atoms with Crippen LogP contribution in [0.15, 0.2) is 73.8 Å². The molecule has 3 aliphatic rings. The largest absolute Gasteiger partial charge is 0.394 e. The van der Waals surface area contributed by atoms with E-state index in [0.29, 0.717) is 25.8 Å². The van der Waals surface area contributed by atoms with Gasteiger partial charge in [0.2, 0.25) is 11.8 Å². The van der Waals surface area contributed by atoms with Crippen molar-refractivity contribution in [1.29, 1.82) is 0 Å². The van der Waals surface area contributed by atoms with E-state index in [-0.39, 0.29) is 30.9 Å². The molecule has 228 valence electrons. The van der Waals surface area contributed by atoms with Gasteiger partial charge >= 0.3 is 0 Å². The van der Waals surface area contributed by atoms with E-state index in [9.17, 15) is 19.5 Å². The second-order valence-corrected chi connectivity index (χ2v) is 12.5. The number of fused-ring (bicyclic) bond motifs is 1. The normalized spacial score (nSPS) is 28.0. The molecular formula is C35H43N3O5. The van der Waals surface area contributed by atoms with Crippen LogP contribution >= 0.6 is 0 Å². The van der Waals surface area contributed by atoms with E-state index in [1.165, 1.54) is 0 Å². The molecule has 3 fully saturated rings. The number of likely N-dealkylation sites (tertiary alicyclic amines) is 1. The number of aryl methyl sites for hydroxylation is 2. The number of likely N-dealkylation sites (N-methyl/N-ethyl adjacent to an activating group) is 1. The Hall–Kier alpha value is -3.75. The number of benzene rings is 2. The zero-order valence-electron chi connectivity index (χ0n) is 25.7. The van der Waals surface area contributed by atoms with Crippen molar-refractivity contribution in [1.82, 2.24) is 9.80 Å². The smallest absolute Gasteiger partial charge is 0.253 e. The van der Waals surface area contributed by atoms with Gasteiger partial charge in [-0.2, -0.15) is 0 Å². The number of hydrogen-bond acceptors (Lipinski definition) is 5. The van der Waals surface area contributed by atoms with Gasteiger partial charge in [0.1, 0.15) is 11.6 Å². The Labute approximate surface area is 254 Å². The van der Waals surface area contributed by atoms with Crippen molar-refractivity contribution in [2.75, 3.05) is 31.6 Å². The lowest BCUT2D eigenvalue weighted by Crippen LogP contribution is -2.59. The lowest BCUT2D eigenvalue weighted by atomic mass is 9.66. The Morgan fingerprint density at radius 3 is 2.44 bits per heavy atom. The summed E-state index contributed by atoms with van der Waals surface area (Å²) in [5, 5.41) is 10.8. The minimum atomic E-state index is -1.21. The van der Waals surface area contributed by atoms with Crippen LogP contribution in [0.1, 0.15) is 36.5 Å². The van der Waals surface area contributed by atoms with Crippen molar-refractivity contribution < 1.29 is 24.2 Å². The summed E-state index contributed by atoms with van der Waals surface area (Å²) in [4.78, 5) is 48.4. The van der Waals surface area contributed by atoms with Crippen LogP contribution in [0, 0.1) is 25.7 Å². The number of ether oxygens (including phenoxy) is 1. The maximum absolute atomic E-state index is 15.0. The van der Waals surface area contributed by atoms with Gasteiger partial charge in [-0.1, -0.05) is 54.6 Å². The van der Waals surface area contributed by atoms with Gasteiger partial charge in [-0.3, -0.25) is 14.4 Å². The minimum absolute atomic E-state index is 0.198. The van der Waals surface area contributed by atoms with Crippen LogP contribution in [0.25, 0.3) is 0 Å². The highest BCUT2D eigenvalue weighted by molar-refractivity contribution is 6.05. The van der Waals surface area contributed by atoms with Gasteiger partial charge < -0.3 is 24.5 Å². The van der Waals surface area contributed by atoms with Crippen LogP contribution in [0.4, 0.5) is 5.69 Å². The highest BCUT2D eigenvalue weighted by Crippen LogP contribution is 2.64. The zero-order chi connectivity index (χ0) is 31.1. The average molecular weight is 586 g/mol. The molecule has 43 heavy (non-hydrogen) atoms. The third-order valence-electron chi connectivity index (χ3n) is 9.65. The van der Waals surface area contributed by atoms with Crippen molar-refractivity contribution in [3.63, 3.8) is 0 Å². The molecule has 2 aromatic carbocycles. The molecule has 8 nitrogen and oxygen atoms in total. The minimum Gasteiger partial charge on any atom is -0.394 e. The average Bonchev–Trinajstić information content (AvgIpc) is 3.56. The zero-order valence-corrected chi connectivity index (χ0v) is 25.7.